The van der Waals surface area contributed by atoms with Crippen LogP contribution in [-0.4, -0.2) is 31.3 Å². The number of carbonyl (C=O) groups excluding carboxylic acids is 2. The molecule has 2 unspecified atom stereocenters. The molecule has 0 saturated carbocycles. The minimum absolute atomic E-state index is 0.000795. The van der Waals surface area contributed by atoms with Gasteiger partial charge in [-0.25, -0.2) is 27.7 Å². The van der Waals surface area contributed by atoms with Crippen LogP contribution in [-0.2, 0) is 5.54 Å². The van der Waals surface area contributed by atoms with Crippen LogP contribution >= 0.6 is 45.3 Å². The maximum atomic E-state index is 15.2. The van der Waals surface area contributed by atoms with E-state index in [1.165, 1.54) is 123 Å². The number of unbranched alkanes of at least 4 members (excludes halogenated alkanes) is 23. The summed E-state index contributed by atoms with van der Waals surface area (Å²) in [5.41, 5.74) is 0.899. The van der Waals surface area contributed by atoms with Gasteiger partial charge in [-0.3, -0.25) is 9.59 Å². The molecule has 9 nitrogen and oxygen atoms in total. The minimum atomic E-state index is -1.20. The van der Waals surface area contributed by atoms with E-state index in [1.54, 1.807) is 34.8 Å². The summed E-state index contributed by atoms with van der Waals surface area (Å²) in [5.74, 6) is -4.23. The second-order valence-corrected chi connectivity index (χ2v) is 33.5. The summed E-state index contributed by atoms with van der Waals surface area (Å²) in [4.78, 5) is 42.6. The maximum absolute atomic E-state index is 15.2. The predicted molar refractivity (Wildman–Crippen MR) is 433 cm³/mol. The first-order chi connectivity index (χ1) is 51.6. The second-order valence-electron chi connectivity index (χ2n) is 29.2. The third kappa shape index (κ3) is 19.9. The van der Waals surface area contributed by atoms with E-state index < -0.39 is 46.1 Å². The van der Waals surface area contributed by atoms with Crippen LogP contribution in [0, 0.1) is 75.7 Å². The molecular formula is C89H107F4N5O4S4. The number of allylic oxidation sites excluding steroid dienone is 6. The molecule has 0 N–H and O–H groups in total. The van der Waals surface area contributed by atoms with Crippen molar-refractivity contribution in [3.8, 4) is 59.0 Å². The lowest BCUT2D eigenvalue weighted by molar-refractivity contribution is 0.103. The van der Waals surface area contributed by atoms with Gasteiger partial charge in [-0.05, 0) is 121 Å². The van der Waals surface area contributed by atoms with Gasteiger partial charge in [0.05, 0.1) is 61.5 Å². The van der Waals surface area contributed by atoms with Gasteiger partial charge in [0, 0.05) is 54.6 Å². The normalized spacial score (nSPS) is 15.3. The fourth-order valence-corrected chi connectivity index (χ4v) is 20.4. The molecule has 6 aromatic rings. The van der Waals surface area contributed by atoms with Crippen LogP contribution in [0.2, 0.25) is 0 Å². The zero-order valence-electron chi connectivity index (χ0n) is 63.6. The number of rotatable bonds is 45. The topological polar surface area (TPSA) is 132 Å². The number of halogens is 4. The van der Waals surface area contributed by atoms with Crippen molar-refractivity contribution in [1.29, 1.82) is 15.8 Å². The lowest BCUT2D eigenvalue weighted by Gasteiger charge is -2.49. The van der Waals surface area contributed by atoms with Gasteiger partial charge < -0.3 is 14.4 Å². The molecule has 3 aliphatic rings. The van der Waals surface area contributed by atoms with Crippen molar-refractivity contribution < 1.29 is 36.6 Å². The molecule has 2 aromatic carbocycles. The summed E-state index contributed by atoms with van der Waals surface area (Å²) in [6.45, 7) is 25.3. The fraction of sp³-hybridized carbons (Fsp3) is 0.528. The molecule has 0 fully saturated rings. The average Bonchev–Trinajstić information content (AvgIpc) is 1.54. The van der Waals surface area contributed by atoms with E-state index in [-0.39, 0.29) is 62.0 Å². The molecule has 0 amide bonds. The zero-order chi connectivity index (χ0) is 75.7. The molecule has 106 heavy (non-hydrogen) atoms. The fourth-order valence-electron chi connectivity index (χ4n) is 15.5. The summed E-state index contributed by atoms with van der Waals surface area (Å²) >= 11 is 6.36. The molecule has 0 bridgehead atoms. The Morgan fingerprint density at radius 1 is 0.481 bits per heavy atom. The van der Waals surface area contributed by atoms with Crippen LogP contribution < -0.4 is 14.4 Å². The molecule has 564 valence electrons. The molecule has 0 spiro atoms. The molecule has 0 saturated heterocycles. The highest BCUT2D eigenvalue weighted by Gasteiger charge is 2.47. The monoisotopic (exact) mass is 1510 g/mol. The smallest absolute Gasteiger partial charge is 0.270 e. The first-order valence-electron chi connectivity index (χ1n) is 39.8. The molecule has 0 radical (unpaired) electrons. The molecule has 2 aliphatic carbocycles. The lowest BCUT2D eigenvalue weighted by atomic mass is 9.76. The Morgan fingerprint density at radius 2 is 0.877 bits per heavy atom. The van der Waals surface area contributed by atoms with Crippen molar-refractivity contribution in [2.45, 2.75) is 272 Å². The quantitative estimate of drug-likeness (QED) is 0.0121. The van der Waals surface area contributed by atoms with Gasteiger partial charge in [0.2, 0.25) is 0 Å². The Morgan fingerprint density at radius 3 is 1.30 bits per heavy atom. The zero-order valence-corrected chi connectivity index (χ0v) is 66.9. The number of fused-ring (bicyclic) bond motifs is 5. The van der Waals surface area contributed by atoms with Gasteiger partial charge >= 0.3 is 0 Å². The Balaban J connectivity index is 1.27. The summed E-state index contributed by atoms with van der Waals surface area (Å²) in [5, 5.41) is 31.1. The highest BCUT2D eigenvalue weighted by molar-refractivity contribution is 7.29. The summed E-state index contributed by atoms with van der Waals surface area (Å²) < 4.78 is 74.5. The predicted octanol–water partition coefficient (Wildman–Crippen LogP) is 28.4. The molecule has 5 heterocycles. The Kier molecular flexibility index (Phi) is 32.2. The van der Waals surface area contributed by atoms with Crippen molar-refractivity contribution in [3.05, 3.63) is 143 Å². The second kappa shape index (κ2) is 41.3. The third-order valence-corrected chi connectivity index (χ3v) is 26.6. The van der Waals surface area contributed by atoms with Gasteiger partial charge in [0.1, 0.15) is 29.2 Å². The van der Waals surface area contributed by atoms with Crippen molar-refractivity contribution in [3.63, 3.8) is 0 Å². The number of benzene rings is 2. The highest BCUT2D eigenvalue weighted by atomic mass is 32.1. The summed E-state index contributed by atoms with van der Waals surface area (Å²) in [7, 11) is 0. The standard InChI is InChI=1S/C89H107F4N5O4S4/c1-9-16-21-24-26-28-30-32-34-36-41-89(42-37-35-33-31-29-27-25-22-17-10-2)70-52-79(87-77(101-57-59(14-6)39-19-12-4)46-62(103-87)44-68-81(61(54-94)55-95)64-48-71(90)73(92)50-66(64)83(68)99)105-85(70)86-76(98(89)43-38-23-18-11-3)53-80(106-86)88-78(102-58-60(15-7)40-20-13-5)47-63(104-88)45-69-82(75(56-96)97-8)65-49-72(91)74(93)51-67(65)84(69)100/h44-53,59-60H,9-43,57-58H2,1-7H3/b68-44-,69-45-,82-75+. The Bertz CT molecular complexity index is 4270. The highest BCUT2D eigenvalue weighted by Crippen LogP contribution is 2.62. The first kappa shape index (κ1) is 82.7. The summed E-state index contributed by atoms with van der Waals surface area (Å²) in [6, 6.07) is 18.0. The van der Waals surface area contributed by atoms with Crippen LogP contribution in [0.5, 0.6) is 11.5 Å². The van der Waals surface area contributed by atoms with Crippen molar-refractivity contribution in [1.82, 2.24) is 0 Å². The molecular weight excluding hydrogens is 1410 g/mol. The van der Waals surface area contributed by atoms with E-state index in [0.717, 1.165) is 189 Å². The van der Waals surface area contributed by atoms with E-state index in [1.807, 2.05) is 30.3 Å². The van der Waals surface area contributed by atoms with Crippen LogP contribution in [0.25, 0.3) is 57.4 Å². The van der Waals surface area contributed by atoms with Gasteiger partial charge in [-0.1, -0.05) is 235 Å². The van der Waals surface area contributed by atoms with E-state index >= 15 is 17.6 Å². The van der Waals surface area contributed by atoms with Gasteiger partial charge in [-0.2, -0.15) is 10.5 Å². The maximum Gasteiger partial charge on any atom is 0.270 e. The van der Waals surface area contributed by atoms with Crippen LogP contribution in [0.15, 0.2) is 70.9 Å². The number of Topliss-reactive ketones (excluding diaryl/α,β-unsaturated/α-hetero) is 2. The van der Waals surface area contributed by atoms with Gasteiger partial charge in [-0.15, -0.1) is 45.3 Å². The number of nitriles is 3. The van der Waals surface area contributed by atoms with E-state index in [4.69, 9.17) is 16.0 Å². The van der Waals surface area contributed by atoms with Crippen molar-refractivity contribution in [2.24, 2.45) is 11.8 Å². The number of thiophene rings is 4. The van der Waals surface area contributed by atoms with E-state index in [9.17, 15) is 25.4 Å². The Labute approximate surface area is 645 Å². The largest absolute Gasteiger partial charge is 0.492 e. The Hall–Kier alpha value is -7.38. The van der Waals surface area contributed by atoms with Crippen LogP contribution in [0.1, 0.15) is 314 Å². The number of hydrogen-bond donors (Lipinski definition) is 0. The lowest BCUT2D eigenvalue weighted by Crippen LogP contribution is -2.49. The number of ketones is 2. The number of hydrogen-bond acceptors (Lipinski definition) is 12. The van der Waals surface area contributed by atoms with Crippen LogP contribution in [0.3, 0.4) is 0 Å². The minimum Gasteiger partial charge on any atom is -0.492 e. The van der Waals surface area contributed by atoms with Crippen LogP contribution in [0.4, 0.5) is 23.2 Å². The van der Waals surface area contributed by atoms with Crippen molar-refractivity contribution in [2.75, 3.05) is 24.7 Å². The summed E-state index contributed by atoms with van der Waals surface area (Å²) in [6.07, 6.45) is 41.5. The number of nitrogens with zero attached hydrogens (tertiary/aromatic N) is 5. The third-order valence-electron chi connectivity index (χ3n) is 21.7. The number of ether oxygens (including phenoxy) is 2. The van der Waals surface area contributed by atoms with E-state index in [0.29, 0.717) is 34.5 Å². The first-order valence-corrected chi connectivity index (χ1v) is 43.1. The number of anilines is 1. The average molecular weight is 1520 g/mol. The molecule has 17 heteroatoms. The van der Waals surface area contributed by atoms with Crippen molar-refractivity contribution >= 4 is 85.9 Å². The molecule has 2 atom stereocenters. The van der Waals surface area contributed by atoms with Gasteiger partial charge in [0.25, 0.3) is 5.70 Å². The van der Waals surface area contributed by atoms with E-state index in [2.05, 4.69) is 70.3 Å². The molecule has 1 aliphatic heterocycles. The van der Waals surface area contributed by atoms with Gasteiger partial charge in [0.15, 0.2) is 34.8 Å². The number of carbonyl (C=O) groups is 2. The SMILES string of the molecule is [C-]#[N+]/C(C#N)=C1/C(=C/c2cc(OCC(CC)CCCC)c(-c3cc4c(s3)-c3sc(-c5sc(/C=C6\C(=O)c7cc(F)c(F)cc7C6=C(C#N)C#N)cc5OCC(CC)CCCC)cc3C(CCCCCCCCCCCC)(CCCCCCCCCCCC)N4CCCCCC)s2)C(=O)c2cc(F)c(F)cc21. The molecule has 9 rings (SSSR count). The molecule has 4 aromatic heterocycles.